The van der Waals surface area contributed by atoms with Gasteiger partial charge >= 0.3 is 0 Å². The van der Waals surface area contributed by atoms with Crippen molar-refractivity contribution < 1.29 is 9.53 Å². The summed E-state index contributed by atoms with van der Waals surface area (Å²) < 4.78 is 7.10. The SMILES string of the molecule is CCOc1ccc(NC(=O)CSc2nnc(SCc3ccccc3)s2)cc1. The highest BCUT2D eigenvalue weighted by Gasteiger charge is 2.09. The molecule has 1 heterocycles. The van der Waals surface area contributed by atoms with E-state index in [2.05, 4.69) is 27.6 Å². The maximum atomic E-state index is 12.1. The van der Waals surface area contributed by atoms with Crippen molar-refractivity contribution in [2.75, 3.05) is 17.7 Å². The van der Waals surface area contributed by atoms with E-state index in [1.807, 2.05) is 49.4 Å². The molecular weight excluding hydrogens is 398 g/mol. The van der Waals surface area contributed by atoms with Gasteiger partial charge in [-0.2, -0.15) is 0 Å². The van der Waals surface area contributed by atoms with Crippen molar-refractivity contribution in [2.24, 2.45) is 0 Å². The second-order valence-corrected chi connectivity index (χ2v) is 8.82. The molecule has 0 aliphatic heterocycles. The van der Waals surface area contributed by atoms with E-state index in [1.165, 1.54) is 28.7 Å². The third kappa shape index (κ3) is 6.57. The summed E-state index contributed by atoms with van der Waals surface area (Å²) in [6.07, 6.45) is 0. The number of carbonyl (C=O) groups excluding carboxylic acids is 1. The van der Waals surface area contributed by atoms with E-state index in [4.69, 9.17) is 4.74 Å². The number of aromatic nitrogens is 2. The van der Waals surface area contributed by atoms with E-state index in [1.54, 1.807) is 11.8 Å². The van der Waals surface area contributed by atoms with E-state index in [-0.39, 0.29) is 5.91 Å². The Morgan fingerprint density at radius 2 is 1.74 bits per heavy atom. The number of carbonyl (C=O) groups is 1. The maximum absolute atomic E-state index is 12.1. The molecule has 140 valence electrons. The summed E-state index contributed by atoms with van der Waals surface area (Å²) in [4.78, 5) is 12.1. The second-order valence-electron chi connectivity index (χ2n) is 5.40. The van der Waals surface area contributed by atoms with Crippen LogP contribution in [0.25, 0.3) is 0 Å². The van der Waals surface area contributed by atoms with Crippen molar-refractivity contribution in [3.05, 3.63) is 60.2 Å². The molecule has 1 aromatic heterocycles. The predicted molar refractivity (Wildman–Crippen MR) is 113 cm³/mol. The van der Waals surface area contributed by atoms with Crippen LogP contribution in [0.1, 0.15) is 12.5 Å². The number of hydrogen-bond acceptors (Lipinski definition) is 7. The molecular formula is C19H19N3O2S3. The van der Waals surface area contributed by atoms with Crippen molar-refractivity contribution in [3.63, 3.8) is 0 Å². The van der Waals surface area contributed by atoms with E-state index in [0.29, 0.717) is 12.4 Å². The summed E-state index contributed by atoms with van der Waals surface area (Å²) in [6, 6.07) is 17.6. The predicted octanol–water partition coefficient (Wildman–Crippen LogP) is 4.96. The number of benzene rings is 2. The molecule has 2 aromatic carbocycles. The highest BCUT2D eigenvalue weighted by Crippen LogP contribution is 2.30. The minimum absolute atomic E-state index is 0.0714. The Morgan fingerprint density at radius 1 is 1.04 bits per heavy atom. The lowest BCUT2D eigenvalue weighted by atomic mass is 10.2. The Kier molecular flexibility index (Phi) is 7.55. The molecule has 0 atom stereocenters. The first-order valence-electron chi connectivity index (χ1n) is 8.38. The van der Waals surface area contributed by atoms with E-state index < -0.39 is 0 Å². The Balaban J connectivity index is 1.43. The van der Waals surface area contributed by atoms with Gasteiger partial charge in [0.05, 0.1) is 12.4 Å². The van der Waals surface area contributed by atoms with Crippen molar-refractivity contribution >= 4 is 46.5 Å². The summed E-state index contributed by atoms with van der Waals surface area (Å²) >= 11 is 4.57. The van der Waals surface area contributed by atoms with Gasteiger partial charge < -0.3 is 10.1 Å². The molecule has 27 heavy (non-hydrogen) atoms. The quantitative estimate of drug-likeness (QED) is 0.497. The van der Waals surface area contributed by atoms with Gasteiger partial charge in [-0.15, -0.1) is 10.2 Å². The molecule has 0 fully saturated rings. The first-order valence-corrected chi connectivity index (χ1v) is 11.2. The van der Waals surface area contributed by atoms with Crippen LogP contribution in [0.5, 0.6) is 5.75 Å². The molecule has 0 aliphatic rings. The maximum Gasteiger partial charge on any atom is 0.234 e. The molecule has 8 heteroatoms. The second kappa shape index (κ2) is 10.3. The van der Waals surface area contributed by atoms with Crippen molar-refractivity contribution in [1.82, 2.24) is 10.2 Å². The number of nitrogens with zero attached hydrogens (tertiary/aromatic N) is 2. The van der Waals surface area contributed by atoms with Gasteiger partial charge in [0.25, 0.3) is 0 Å². The Morgan fingerprint density at radius 3 is 2.44 bits per heavy atom. The number of rotatable bonds is 9. The van der Waals surface area contributed by atoms with Crippen LogP contribution in [0.15, 0.2) is 63.3 Å². The topological polar surface area (TPSA) is 64.1 Å². The van der Waals surface area contributed by atoms with Gasteiger partial charge in [0.1, 0.15) is 5.75 Å². The molecule has 0 saturated heterocycles. The molecule has 3 aromatic rings. The standard InChI is InChI=1S/C19H19N3O2S3/c1-2-24-16-10-8-15(9-11-16)20-17(23)13-26-19-22-21-18(27-19)25-12-14-6-4-3-5-7-14/h3-11H,2,12-13H2,1H3,(H,20,23). The zero-order valence-electron chi connectivity index (χ0n) is 14.8. The van der Waals surface area contributed by atoms with E-state index in [0.717, 1.165) is 25.9 Å². The average molecular weight is 418 g/mol. The van der Waals surface area contributed by atoms with E-state index >= 15 is 0 Å². The van der Waals surface area contributed by atoms with Crippen LogP contribution < -0.4 is 10.1 Å². The Hall–Kier alpha value is -2.03. The number of amides is 1. The zero-order valence-corrected chi connectivity index (χ0v) is 17.2. The van der Waals surface area contributed by atoms with Gasteiger partial charge in [-0.3, -0.25) is 4.79 Å². The third-order valence-electron chi connectivity index (χ3n) is 3.37. The largest absolute Gasteiger partial charge is 0.494 e. The van der Waals surface area contributed by atoms with Crippen LogP contribution in [-0.2, 0) is 10.5 Å². The van der Waals surface area contributed by atoms with Crippen molar-refractivity contribution in [3.8, 4) is 5.75 Å². The highest BCUT2D eigenvalue weighted by molar-refractivity contribution is 8.03. The Bertz CT molecular complexity index is 854. The van der Waals surface area contributed by atoms with Crippen LogP contribution in [0.2, 0.25) is 0 Å². The van der Waals surface area contributed by atoms with Crippen molar-refractivity contribution in [2.45, 2.75) is 21.4 Å². The van der Waals surface area contributed by atoms with E-state index in [9.17, 15) is 4.79 Å². The molecule has 0 spiro atoms. The number of ether oxygens (including phenoxy) is 1. The monoisotopic (exact) mass is 417 g/mol. The lowest BCUT2D eigenvalue weighted by molar-refractivity contribution is -0.113. The summed E-state index contributed by atoms with van der Waals surface area (Å²) in [6.45, 7) is 2.56. The third-order valence-corrected chi connectivity index (χ3v) is 6.63. The summed E-state index contributed by atoms with van der Waals surface area (Å²) in [5.74, 6) is 1.88. The number of thioether (sulfide) groups is 2. The van der Waals surface area contributed by atoms with Gasteiger partial charge in [-0.25, -0.2) is 0 Å². The molecule has 0 unspecified atom stereocenters. The summed E-state index contributed by atoms with van der Waals surface area (Å²) in [5, 5.41) is 11.2. The highest BCUT2D eigenvalue weighted by atomic mass is 32.2. The minimum atomic E-state index is -0.0714. The van der Waals surface area contributed by atoms with Gasteiger partial charge in [0.15, 0.2) is 8.68 Å². The molecule has 0 bridgehead atoms. The Labute approximate surface area is 170 Å². The van der Waals surface area contributed by atoms with Crippen molar-refractivity contribution in [1.29, 1.82) is 0 Å². The fourth-order valence-electron chi connectivity index (χ4n) is 2.16. The first kappa shape index (κ1) is 19.7. The van der Waals surface area contributed by atoms with Gasteiger partial charge in [0.2, 0.25) is 5.91 Å². The molecule has 5 nitrogen and oxygen atoms in total. The van der Waals surface area contributed by atoms with Gasteiger partial charge in [0, 0.05) is 11.4 Å². The smallest absolute Gasteiger partial charge is 0.234 e. The normalized spacial score (nSPS) is 10.6. The van der Waals surface area contributed by atoms with Gasteiger partial charge in [-0.1, -0.05) is 65.2 Å². The zero-order chi connectivity index (χ0) is 18.9. The number of nitrogens with one attached hydrogen (secondary N) is 1. The van der Waals surface area contributed by atoms with Crippen LogP contribution in [0, 0.1) is 0 Å². The molecule has 0 radical (unpaired) electrons. The van der Waals surface area contributed by atoms with Crippen LogP contribution in [0.4, 0.5) is 5.69 Å². The molecule has 1 N–H and O–H groups in total. The molecule has 0 saturated carbocycles. The molecule has 3 rings (SSSR count). The fraction of sp³-hybridized carbons (Fsp3) is 0.211. The number of anilines is 1. The van der Waals surface area contributed by atoms with Crippen LogP contribution in [-0.4, -0.2) is 28.5 Å². The van der Waals surface area contributed by atoms with Crippen LogP contribution >= 0.6 is 34.9 Å². The van der Waals surface area contributed by atoms with Gasteiger partial charge in [-0.05, 0) is 36.8 Å². The average Bonchev–Trinajstić information content (AvgIpc) is 3.15. The minimum Gasteiger partial charge on any atom is -0.494 e. The fourth-order valence-corrected chi connectivity index (χ4v) is 4.93. The molecule has 0 aliphatic carbocycles. The lowest BCUT2D eigenvalue weighted by Gasteiger charge is -2.06. The molecule has 1 amide bonds. The summed E-state index contributed by atoms with van der Waals surface area (Å²) in [5.41, 5.74) is 2.00. The number of hydrogen-bond donors (Lipinski definition) is 1. The first-order chi connectivity index (χ1) is 13.2. The van der Waals surface area contributed by atoms with Crippen LogP contribution in [0.3, 0.4) is 0 Å². The lowest BCUT2D eigenvalue weighted by Crippen LogP contribution is -2.13. The summed E-state index contributed by atoms with van der Waals surface area (Å²) in [7, 11) is 0.